The number of carboxylic acids is 1. The van der Waals surface area contributed by atoms with E-state index in [4.69, 9.17) is 18.6 Å². The Balaban J connectivity index is 1.43. The molecular weight excluding hydrogens is 524 g/mol. The van der Waals surface area contributed by atoms with Crippen LogP contribution in [0.4, 0.5) is 0 Å². The Bertz CT molecular complexity index is 1580. The highest BCUT2D eigenvalue weighted by Crippen LogP contribution is 2.37. The van der Waals surface area contributed by atoms with Crippen molar-refractivity contribution in [3.05, 3.63) is 88.1 Å². The number of phenolic OH excluding ortho intramolecular Hbond substituents is 1. The summed E-state index contributed by atoms with van der Waals surface area (Å²) in [6.45, 7) is 1.82. The third-order valence-corrected chi connectivity index (χ3v) is 6.64. The minimum absolute atomic E-state index is 0.0503. The van der Waals surface area contributed by atoms with E-state index in [2.05, 4.69) is 0 Å². The molecule has 1 aliphatic heterocycles. The predicted molar refractivity (Wildman–Crippen MR) is 140 cm³/mol. The number of rotatable bonds is 7. The van der Waals surface area contributed by atoms with Gasteiger partial charge in [-0.05, 0) is 36.8 Å². The standard InChI is InChI=1S/C29H26O11/c1-14-19(39-29-26(34)24(32)25(33)27(40-29)28(35)36)12-21-22(23(14)31)18(30)11-20(38-21)16-7-9-17(10-8-16)37-13-15-5-3-2-4-6-15/h2-12,24-27,29,31-34H,13H2,1H3,(H,35,36). The lowest BCUT2D eigenvalue weighted by Gasteiger charge is -2.38. The Morgan fingerprint density at radius 2 is 1.65 bits per heavy atom. The van der Waals surface area contributed by atoms with Crippen molar-refractivity contribution in [2.75, 3.05) is 0 Å². The smallest absolute Gasteiger partial charge is 0.335 e. The molecule has 0 bridgehead atoms. The minimum atomic E-state index is -1.89. The Kier molecular flexibility index (Phi) is 7.46. The highest BCUT2D eigenvalue weighted by Gasteiger charge is 2.48. The summed E-state index contributed by atoms with van der Waals surface area (Å²) in [6.07, 6.45) is -9.17. The molecule has 2 heterocycles. The van der Waals surface area contributed by atoms with E-state index >= 15 is 0 Å². The second-order valence-electron chi connectivity index (χ2n) is 9.35. The third kappa shape index (κ3) is 5.23. The monoisotopic (exact) mass is 550 g/mol. The molecule has 0 aliphatic carbocycles. The van der Waals surface area contributed by atoms with E-state index in [9.17, 15) is 35.1 Å². The summed E-state index contributed by atoms with van der Waals surface area (Å²) in [5.74, 6) is -1.32. The Morgan fingerprint density at radius 3 is 2.33 bits per heavy atom. The van der Waals surface area contributed by atoms with E-state index in [0.29, 0.717) is 17.9 Å². The molecule has 4 aromatic rings. The molecule has 3 aromatic carbocycles. The van der Waals surface area contributed by atoms with Gasteiger partial charge >= 0.3 is 5.97 Å². The van der Waals surface area contributed by atoms with Crippen LogP contribution >= 0.6 is 0 Å². The molecule has 11 heteroatoms. The number of carboxylic acid groups (broad SMARTS) is 1. The van der Waals surface area contributed by atoms with Gasteiger partial charge in [-0.2, -0.15) is 0 Å². The van der Waals surface area contributed by atoms with Gasteiger partial charge in [0.15, 0.2) is 11.5 Å². The molecule has 11 nitrogen and oxygen atoms in total. The van der Waals surface area contributed by atoms with Crippen molar-refractivity contribution in [2.24, 2.45) is 0 Å². The number of aromatic hydroxyl groups is 1. The van der Waals surface area contributed by atoms with Gasteiger partial charge in [-0.15, -0.1) is 0 Å². The van der Waals surface area contributed by atoms with Crippen LogP contribution in [-0.4, -0.2) is 62.2 Å². The zero-order valence-corrected chi connectivity index (χ0v) is 21.1. The van der Waals surface area contributed by atoms with E-state index in [-0.39, 0.29) is 28.0 Å². The number of aliphatic carboxylic acids is 1. The molecule has 5 rings (SSSR count). The zero-order valence-electron chi connectivity index (χ0n) is 21.1. The fourth-order valence-electron chi connectivity index (χ4n) is 4.37. The molecule has 1 aliphatic rings. The van der Waals surface area contributed by atoms with Crippen molar-refractivity contribution >= 4 is 16.9 Å². The third-order valence-electron chi connectivity index (χ3n) is 6.64. The normalized spacial score (nSPS) is 22.6. The quantitative estimate of drug-likeness (QED) is 0.228. The Morgan fingerprint density at radius 1 is 0.950 bits per heavy atom. The van der Waals surface area contributed by atoms with E-state index in [0.717, 1.165) is 5.56 Å². The van der Waals surface area contributed by atoms with Gasteiger partial charge in [-0.3, -0.25) is 4.79 Å². The first-order valence-corrected chi connectivity index (χ1v) is 12.3. The molecule has 5 unspecified atom stereocenters. The topological polar surface area (TPSA) is 176 Å². The fourth-order valence-corrected chi connectivity index (χ4v) is 4.37. The maximum Gasteiger partial charge on any atom is 0.335 e. The number of phenols is 1. The van der Waals surface area contributed by atoms with Crippen molar-refractivity contribution in [2.45, 2.75) is 44.2 Å². The predicted octanol–water partition coefficient (Wildman–Crippen LogP) is 2.32. The van der Waals surface area contributed by atoms with Gasteiger partial charge in [-0.25, -0.2) is 4.79 Å². The number of hydrogen-bond donors (Lipinski definition) is 5. The van der Waals surface area contributed by atoms with Crippen LogP contribution in [0.3, 0.4) is 0 Å². The van der Waals surface area contributed by atoms with E-state index in [1.807, 2.05) is 30.3 Å². The van der Waals surface area contributed by atoms with E-state index in [1.165, 1.54) is 19.1 Å². The number of aliphatic hydroxyl groups is 3. The molecule has 0 saturated carbocycles. The molecule has 1 saturated heterocycles. The molecule has 40 heavy (non-hydrogen) atoms. The number of benzene rings is 3. The highest BCUT2D eigenvalue weighted by molar-refractivity contribution is 5.88. The van der Waals surface area contributed by atoms with Crippen LogP contribution in [0.5, 0.6) is 17.2 Å². The van der Waals surface area contributed by atoms with Gasteiger partial charge < -0.3 is 44.2 Å². The van der Waals surface area contributed by atoms with Gasteiger partial charge in [0.1, 0.15) is 58.9 Å². The average Bonchev–Trinajstić information content (AvgIpc) is 2.95. The lowest BCUT2D eigenvalue weighted by molar-refractivity contribution is -0.271. The van der Waals surface area contributed by atoms with Crippen LogP contribution in [0.2, 0.25) is 0 Å². The van der Waals surface area contributed by atoms with Crippen LogP contribution < -0.4 is 14.9 Å². The van der Waals surface area contributed by atoms with Gasteiger partial charge in [0.05, 0.1) is 0 Å². The first-order chi connectivity index (χ1) is 19.1. The van der Waals surface area contributed by atoms with Crippen molar-refractivity contribution in [1.82, 2.24) is 0 Å². The molecular formula is C29H26O11. The van der Waals surface area contributed by atoms with Crippen molar-refractivity contribution < 1.29 is 49.0 Å². The van der Waals surface area contributed by atoms with Gasteiger partial charge in [0, 0.05) is 23.3 Å². The van der Waals surface area contributed by atoms with Crippen molar-refractivity contribution in [3.8, 4) is 28.6 Å². The van der Waals surface area contributed by atoms with Gasteiger partial charge in [0.25, 0.3) is 0 Å². The Hall–Kier alpha value is -4.42. The summed E-state index contributed by atoms with van der Waals surface area (Å²) in [7, 11) is 0. The second-order valence-corrected chi connectivity index (χ2v) is 9.35. The zero-order chi connectivity index (χ0) is 28.6. The van der Waals surface area contributed by atoms with Gasteiger partial charge in [-0.1, -0.05) is 30.3 Å². The highest BCUT2D eigenvalue weighted by atomic mass is 16.7. The summed E-state index contributed by atoms with van der Waals surface area (Å²) in [6, 6.07) is 19.1. The number of hydrogen-bond acceptors (Lipinski definition) is 10. The molecule has 5 atom stereocenters. The summed E-state index contributed by atoms with van der Waals surface area (Å²) < 4.78 is 22.5. The number of fused-ring (bicyclic) bond motifs is 1. The van der Waals surface area contributed by atoms with Crippen LogP contribution in [0.1, 0.15) is 11.1 Å². The SMILES string of the molecule is Cc1c(OC2OC(C(=O)O)C(O)C(O)C2O)cc2oc(-c3ccc(OCc4ccccc4)cc3)cc(=O)c2c1O. The molecule has 208 valence electrons. The Labute approximate surface area is 227 Å². The molecule has 1 aromatic heterocycles. The van der Waals surface area contributed by atoms with Crippen LogP contribution in [-0.2, 0) is 16.1 Å². The number of aliphatic hydroxyl groups excluding tert-OH is 3. The summed E-state index contributed by atoms with van der Waals surface area (Å²) in [4.78, 5) is 24.4. The first kappa shape index (κ1) is 27.2. The largest absolute Gasteiger partial charge is 0.507 e. The van der Waals surface area contributed by atoms with Crippen LogP contribution in [0.25, 0.3) is 22.3 Å². The fraction of sp³-hybridized carbons (Fsp3) is 0.241. The lowest BCUT2D eigenvalue weighted by atomic mass is 9.99. The van der Waals surface area contributed by atoms with E-state index in [1.54, 1.807) is 24.3 Å². The summed E-state index contributed by atoms with van der Waals surface area (Å²) in [5, 5.41) is 50.2. The molecule has 0 amide bonds. The maximum absolute atomic E-state index is 12.9. The molecule has 1 fully saturated rings. The molecule has 5 N–H and O–H groups in total. The maximum atomic E-state index is 12.9. The van der Waals surface area contributed by atoms with Gasteiger partial charge in [0.2, 0.25) is 6.29 Å². The van der Waals surface area contributed by atoms with Crippen molar-refractivity contribution in [3.63, 3.8) is 0 Å². The summed E-state index contributed by atoms with van der Waals surface area (Å²) >= 11 is 0. The van der Waals surface area contributed by atoms with Crippen LogP contribution in [0, 0.1) is 6.92 Å². The lowest BCUT2D eigenvalue weighted by Crippen LogP contribution is -2.61. The molecule has 0 spiro atoms. The molecule has 0 radical (unpaired) electrons. The van der Waals surface area contributed by atoms with Crippen molar-refractivity contribution in [1.29, 1.82) is 0 Å². The second kappa shape index (κ2) is 11.0. The van der Waals surface area contributed by atoms with E-state index < -0.39 is 47.9 Å². The number of carbonyl (C=O) groups is 1. The minimum Gasteiger partial charge on any atom is -0.507 e. The van der Waals surface area contributed by atoms with Crippen LogP contribution in [0.15, 0.2) is 75.9 Å². The number of ether oxygens (including phenoxy) is 3. The first-order valence-electron chi connectivity index (χ1n) is 12.3. The summed E-state index contributed by atoms with van der Waals surface area (Å²) in [5.41, 5.74) is 1.07. The average molecular weight is 551 g/mol.